The Morgan fingerprint density at radius 1 is 1.53 bits per heavy atom. The van der Waals surface area contributed by atoms with Crippen molar-refractivity contribution in [2.45, 2.75) is 12.5 Å². The van der Waals surface area contributed by atoms with E-state index >= 15 is 0 Å². The van der Waals surface area contributed by atoms with Crippen molar-refractivity contribution in [2.24, 2.45) is 5.92 Å². The van der Waals surface area contributed by atoms with Gasteiger partial charge in [0.15, 0.2) is 0 Å². The number of rotatable bonds is 2. The van der Waals surface area contributed by atoms with Crippen LogP contribution in [0.3, 0.4) is 0 Å². The molecule has 1 saturated heterocycles. The maximum absolute atomic E-state index is 10.1. The van der Waals surface area contributed by atoms with Crippen molar-refractivity contribution in [3.8, 4) is 0 Å². The highest BCUT2D eigenvalue weighted by molar-refractivity contribution is 9.10. The molecule has 1 N–H and O–H groups in total. The Bertz CT molecular complexity index is 350. The zero-order valence-corrected chi connectivity index (χ0v) is 10.5. The van der Waals surface area contributed by atoms with Gasteiger partial charge in [0.05, 0.1) is 17.7 Å². The van der Waals surface area contributed by atoms with Crippen molar-refractivity contribution < 1.29 is 9.84 Å². The second kappa shape index (κ2) is 4.83. The summed E-state index contributed by atoms with van der Waals surface area (Å²) in [6.45, 7) is 1.39. The second-order valence-corrected chi connectivity index (χ2v) is 5.00. The van der Waals surface area contributed by atoms with Crippen molar-refractivity contribution in [2.75, 3.05) is 13.2 Å². The van der Waals surface area contributed by atoms with Crippen molar-refractivity contribution in [1.82, 2.24) is 0 Å². The van der Waals surface area contributed by atoms with Crippen molar-refractivity contribution in [3.05, 3.63) is 33.3 Å². The Hall–Kier alpha value is -0.0900. The summed E-state index contributed by atoms with van der Waals surface area (Å²) in [4.78, 5) is 0. The van der Waals surface area contributed by atoms with Crippen LogP contribution in [-0.2, 0) is 4.74 Å². The van der Waals surface area contributed by atoms with Crippen molar-refractivity contribution in [3.63, 3.8) is 0 Å². The smallest absolute Gasteiger partial charge is 0.0841 e. The van der Waals surface area contributed by atoms with Gasteiger partial charge in [0, 0.05) is 17.0 Å². The van der Waals surface area contributed by atoms with Gasteiger partial charge in [-0.2, -0.15) is 0 Å². The largest absolute Gasteiger partial charge is 0.388 e. The van der Waals surface area contributed by atoms with Gasteiger partial charge in [-0.1, -0.05) is 17.7 Å². The first-order valence-corrected chi connectivity index (χ1v) is 6.06. The van der Waals surface area contributed by atoms with E-state index in [1.807, 2.05) is 12.1 Å². The minimum Gasteiger partial charge on any atom is -0.388 e. The van der Waals surface area contributed by atoms with Crippen LogP contribution in [0.5, 0.6) is 0 Å². The van der Waals surface area contributed by atoms with Crippen LogP contribution < -0.4 is 0 Å². The van der Waals surface area contributed by atoms with Gasteiger partial charge in [0.2, 0.25) is 0 Å². The average molecular weight is 292 g/mol. The van der Waals surface area contributed by atoms with Gasteiger partial charge < -0.3 is 9.84 Å². The number of ether oxygens (including phenoxy) is 1. The van der Waals surface area contributed by atoms with E-state index in [-0.39, 0.29) is 5.92 Å². The first kappa shape index (κ1) is 11.4. The quantitative estimate of drug-likeness (QED) is 0.907. The van der Waals surface area contributed by atoms with Gasteiger partial charge in [-0.3, -0.25) is 0 Å². The monoisotopic (exact) mass is 290 g/mol. The summed E-state index contributed by atoms with van der Waals surface area (Å²) >= 11 is 9.24. The molecular formula is C11H12BrClO2. The molecule has 0 bridgehead atoms. The third kappa shape index (κ3) is 2.53. The molecule has 2 nitrogen and oxygen atoms in total. The molecule has 0 radical (unpaired) electrons. The Kier molecular flexibility index (Phi) is 3.67. The van der Waals surface area contributed by atoms with Gasteiger partial charge in [0.25, 0.3) is 0 Å². The fraction of sp³-hybridized carbons (Fsp3) is 0.455. The molecule has 4 heteroatoms. The van der Waals surface area contributed by atoms with E-state index in [1.54, 1.807) is 6.07 Å². The molecule has 0 aromatic heterocycles. The lowest BCUT2D eigenvalue weighted by Crippen LogP contribution is -2.12. The summed E-state index contributed by atoms with van der Waals surface area (Å²) in [7, 11) is 0. The molecule has 0 saturated carbocycles. The van der Waals surface area contributed by atoms with Crippen molar-refractivity contribution in [1.29, 1.82) is 0 Å². The predicted octanol–water partition coefficient (Wildman–Crippen LogP) is 3.17. The molecule has 1 fully saturated rings. The highest BCUT2D eigenvalue weighted by Gasteiger charge is 2.25. The molecule has 1 aliphatic rings. The minimum atomic E-state index is -0.457. The molecule has 1 aliphatic heterocycles. The first-order chi connectivity index (χ1) is 7.18. The molecule has 1 aromatic carbocycles. The van der Waals surface area contributed by atoms with Crippen LogP contribution in [0.15, 0.2) is 22.7 Å². The van der Waals surface area contributed by atoms with E-state index in [0.29, 0.717) is 11.6 Å². The minimum absolute atomic E-state index is 0.207. The molecular weight excluding hydrogens is 279 g/mol. The fourth-order valence-electron chi connectivity index (χ4n) is 1.77. The molecule has 2 rings (SSSR count). The zero-order chi connectivity index (χ0) is 10.8. The third-order valence-corrected chi connectivity index (χ3v) is 3.91. The Morgan fingerprint density at radius 2 is 2.33 bits per heavy atom. The van der Waals surface area contributed by atoms with E-state index in [4.69, 9.17) is 16.3 Å². The number of hydrogen-bond acceptors (Lipinski definition) is 2. The van der Waals surface area contributed by atoms with E-state index in [9.17, 15) is 5.11 Å². The molecule has 82 valence electrons. The average Bonchev–Trinajstić information content (AvgIpc) is 2.74. The second-order valence-electron chi connectivity index (χ2n) is 3.74. The lowest BCUT2D eigenvalue weighted by atomic mass is 9.95. The summed E-state index contributed by atoms with van der Waals surface area (Å²) < 4.78 is 6.07. The number of benzene rings is 1. The first-order valence-electron chi connectivity index (χ1n) is 4.89. The van der Waals surface area contributed by atoms with Crippen molar-refractivity contribution >= 4 is 27.5 Å². The van der Waals surface area contributed by atoms with Gasteiger partial charge in [-0.15, -0.1) is 0 Å². The van der Waals surface area contributed by atoms with Crippen LogP contribution in [0, 0.1) is 5.92 Å². The van der Waals surface area contributed by atoms with E-state index in [2.05, 4.69) is 15.9 Å². The Morgan fingerprint density at radius 3 is 2.93 bits per heavy atom. The third-order valence-electron chi connectivity index (χ3n) is 2.70. The van der Waals surface area contributed by atoms with Gasteiger partial charge in [-0.05, 0) is 40.0 Å². The maximum atomic E-state index is 10.1. The molecule has 1 aromatic rings. The van der Waals surface area contributed by atoms with Crippen LogP contribution in [0.4, 0.5) is 0 Å². The van der Waals surface area contributed by atoms with Crippen LogP contribution in [0.1, 0.15) is 18.1 Å². The zero-order valence-electron chi connectivity index (χ0n) is 8.12. The number of aliphatic hydroxyl groups is 1. The number of hydrogen-bond donors (Lipinski definition) is 1. The summed E-state index contributed by atoms with van der Waals surface area (Å²) in [5.41, 5.74) is 0.891. The SMILES string of the molecule is OC(c1ccc(Cl)c(Br)c1)C1CCOC1. The van der Waals surface area contributed by atoms with Crippen LogP contribution >= 0.6 is 27.5 Å². The molecule has 15 heavy (non-hydrogen) atoms. The van der Waals surface area contributed by atoms with Gasteiger partial charge in [0.1, 0.15) is 0 Å². The lowest BCUT2D eigenvalue weighted by Gasteiger charge is -2.17. The molecule has 0 spiro atoms. The number of aliphatic hydroxyl groups excluding tert-OH is 1. The topological polar surface area (TPSA) is 29.5 Å². The molecule has 0 amide bonds. The summed E-state index contributed by atoms with van der Waals surface area (Å²) in [5, 5.41) is 10.8. The maximum Gasteiger partial charge on any atom is 0.0841 e. The number of halogens is 2. The highest BCUT2D eigenvalue weighted by Crippen LogP contribution is 2.32. The van der Waals surface area contributed by atoms with Crippen LogP contribution in [0.2, 0.25) is 5.02 Å². The van der Waals surface area contributed by atoms with E-state index < -0.39 is 6.10 Å². The van der Waals surface area contributed by atoms with E-state index in [0.717, 1.165) is 23.1 Å². The van der Waals surface area contributed by atoms with Gasteiger partial charge >= 0.3 is 0 Å². The summed E-state index contributed by atoms with van der Waals surface area (Å²) in [5.74, 6) is 0.207. The summed E-state index contributed by atoms with van der Waals surface area (Å²) in [6, 6.07) is 5.52. The van der Waals surface area contributed by atoms with Crippen LogP contribution in [-0.4, -0.2) is 18.3 Å². The van der Waals surface area contributed by atoms with Gasteiger partial charge in [-0.25, -0.2) is 0 Å². The highest BCUT2D eigenvalue weighted by atomic mass is 79.9. The standard InChI is InChI=1S/C11H12BrClO2/c12-9-5-7(1-2-10(9)13)11(14)8-3-4-15-6-8/h1-2,5,8,11,14H,3-4,6H2. The predicted molar refractivity (Wildman–Crippen MR) is 63.0 cm³/mol. The molecule has 2 atom stereocenters. The summed E-state index contributed by atoms with van der Waals surface area (Å²) in [6.07, 6.45) is 0.461. The normalized spacial score (nSPS) is 23.0. The fourth-order valence-corrected chi connectivity index (χ4v) is 2.28. The Balaban J connectivity index is 2.17. The molecule has 2 unspecified atom stereocenters. The molecule has 1 heterocycles. The van der Waals surface area contributed by atoms with Crippen LogP contribution in [0.25, 0.3) is 0 Å². The Labute approximate surface area is 102 Å². The molecule has 0 aliphatic carbocycles. The lowest BCUT2D eigenvalue weighted by molar-refractivity contribution is 0.0918. The van der Waals surface area contributed by atoms with E-state index in [1.165, 1.54) is 0 Å².